The second-order valence-corrected chi connectivity index (χ2v) is 7.84. The van der Waals surface area contributed by atoms with E-state index in [0.717, 1.165) is 0 Å². The molecule has 0 saturated carbocycles. The molecule has 0 fully saturated rings. The van der Waals surface area contributed by atoms with Gasteiger partial charge in [-0.25, -0.2) is 8.78 Å². The number of alkyl halides is 1. The third-order valence-corrected chi connectivity index (χ3v) is 4.92. The maximum Gasteiger partial charge on any atom is 0.165 e. The summed E-state index contributed by atoms with van der Waals surface area (Å²) >= 11 is -1.39. The summed E-state index contributed by atoms with van der Waals surface area (Å²) in [5.74, 6) is -0.424. The molecule has 0 bridgehead atoms. The van der Waals surface area contributed by atoms with Gasteiger partial charge in [0.25, 0.3) is 0 Å². The fourth-order valence-corrected chi connectivity index (χ4v) is 3.13. The molecule has 0 spiro atoms. The monoisotopic (exact) mass is 303 g/mol. The zero-order valence-electron chi connectivity index (χ0n) is 12.0. The first kappa shape index (κ1) is 15.5. The largest absolute Gasteiger partial charge is 0.598 e. The van der Waals surface area contributed by atoms with Crippen LogP contribution in [0.4, 0.5) is 8.78 Å². The number of ether oxygens (including phenoxy) is 1. The summed E-state index contributed by atoms with van der Waals surface area (Å²) in [6, 6.07) is 2.09. The molecular weight excluding hydrogens is 284 g/mol. The molecule has 3 atom stereocenters. The van der Waals surface area contributed by atoms with E-state index in [1.54, 1.807) is 0 Å². The van der Waals surface area contributed by atoms with E-state index in [1.807, 2.05) is 20.8 Å². The molecule has 1 aliphatic carbocycles. The first-order valence-corrected chi connectivity index (χ1v) is 7.58. The van der Waals surface area contributed by atoms with Gasteiger partial charge in [0.1, 0.15) is 17.0 Å². The zero-order valence-corrected chi connectivity index (χ0v) is 12.8. The van der Waals surface area contributed by atoms with Crippen LogP contribution in [-0.4, -0.2) is 22.6 Å². The minimum Gasteiger partial charge on any atom is -0.598 e. The van der Waals surface area contributed by atoms with Crippen LogP contribution >= 0.6 is 0 Å². The molecule has 0 radical (unpaired) electrons. The van der Waals surface area contributed by atoms with Crippen LogP contribution in [0, 0.1) is 5.82 Å². The highest BCUT2D eigenvalue weighted by atomic mass is 32.2. The lowest BCUT2D eigenvalue weighted by atomic mass is 10.1. The van der Waals surface area contributed by atoms with Gasteiger partial charge in [0.05, 0.1) is 7.11 Å². The number of methoxy groups -OCH3 is 1. The Balaban J connectivity index is 2.32. The standard InChI is InChI=1S/C14H19F2NO2S/c1-14(2,3)20(18)17-12-8-5-6-10(15)13(19-4)9(8)7-11(12)16/h5-6,11-12,17H,7H2,1-4H3/t11-,12+,20-/m1/s1. The third-order valence-electron chi connectivity index (χ3n) is 3.34. The Bertz CT molecular complexity index is 505. The second kappa shape index (κ2) is 5.50. The Morgan fingerprint density at radius 3 is 2.60 bits per heavy atom. The molecule has 1 aromatic carbocycles. The maximum atomic E-state index is 14.2. The molecule has 0 heterocycles. The first-order valence-electron chi connectivity index (χ1n) is 6.43. The quantitative estimate of drug-likeness (QED) is 0.873. The van der Waals surface area contributed by atoms with Crippen molar-refractivity contribution in [2.24, 2.45) is 0 Å². The summed E-state index contributed by atoms with van der Waals surface area (Å²) in [5, 5.41) is 0. The van der Waals surface area contributed by atoms with E-state index in [0.29, 0.717) is 11.1 Å². The first-order chi connectivity index (χ1) is 9.25. The van der Waals surface area contributed by atoms with Crippen molar-refractivity contribution in [2.45, 2.75) is 44.2 Å². The van der Waals surface area contributed by atoms with E-state index in [1.165, 1.54) is 19.2 Å². The molecule has 1 aliphatic rings. The highest BCUT2D eigenvalue weighted by Gasteiger charge is 2.40. The molecule has 0 amide bonds. The van der Waals surface area contributed by atoms with Crippen molar-refractivity contribution in [3.05, 3.63) is 29.1 Å². The van der Waals surface area contributed by atoms with E-state index in [-0.39, 0.29) is 12.2 Å². The van der Waals surface area contributed by atoms with Crippen LogP contribution < -0.4 is 9.46 Å². The molecule has 0 aliphatic heterocycles. The summed E-state index contributed by atoms with van der Waals surface area (Å²) in [6.45, 7) is 5.43. The molecule has 6 heteroatoms. The third kappa shape index (κ3) is 2.77. The fourth-order valence-electron chi connectivity index (χ4n) is 2.27. The molecule has 1 aromatic rings. The van der Waals surface area contributed by atoms with Gasteiger partial charge < -0.3 is 9.29 Å². The van der Waals surface area contributed by atoms with E-state index < -0.39 is 34.1 Å². The minimum absolute atomic E-state index is 0.0648. The lowest BCUT2D eigenvalue weighted by Gasteiger charge is -2.27. The van der Waals surface area contributed by atoms with E-state index in [9.17, 15) is 13.3 Å². The van der Waals surface area contributed by atoms with Crippen LogP contribution in [0.1, 0.15) is 37.9 Å². The number of hydrogen-bond acceptors (Lipinski definition) is 3. The maximum absolute atomic E-state index is 14.2. The lowest BCUT2D eigenvalue weighted by Crippen LogP contribution is -2.42. The molecule has 112 valence electrons. The molecule has 0 saturated heterocycles. The van der Waals surface area contributed by atoms with Gasteiger partial charge in [-0.3, -0.25) is 0 Å². The molecular formula is C14H19F2NO2S. The van der Waals surface area contributed by atoms with Crippen molar-refractivity contribution in [1.29, 1.82) is 0 Å². The minimum atomic E-state index is -1.39. The van der Waals surface area contributed by atoms with Gasteiger partial charge in [-0.05, 0) is 32.4 Å². The Morgan fingerprint density at radius 2 is 2.05 bits per heavy atom. The van der Waals surface area contributed by atoms with Gasteiger partial charge in [0, 0.05) is 23.3 Å². The van der Waals surface area contributed by atoms with Gasteiger partial charge >= 0.3 is 0 Å². The Labute approximate surface area is 121 Å². The zero-order chi connectivity index (χ0) is 15.1. The Morgan fingerprint density at radius 1 is 1.40 bits per heavy atom. The highest BCUT2D eigenvalue weighted by Crippen LogP contribution is 2.40. The summed E-state index contributed by atoms with van der Waals surface area (Å²) in [6.07, 6.45) is -1.18. The van der Waals surface area contributed by atoms with Gasteiger partial charge in [0.15, 0.2) is 11.6 Å². The van der Waals surface area contributed by atoms with Crippen LogP contribution in [-0.2, 0) is 17.8 Å². The van der Waals surface area contributed by atoms with Gasteiger partial charge in [-0.15, -0.1) is 4.72 Å². The predicted octanol–water partition coefficient (Wildman–Crippen LogP) is 2.82. The summed E-state index contributed by atoms with van der Waals surface area (Å²) in [4.78, 5) is 0. The SMILES string of the molecule is COc1c(F)ccc2c1C[C@@H](F)[C@H]2N[S@+]([O-])C(C)(C)C. The van der Waals surface area contributed by atoms with Crippen LogP contribution in [0.15, 0.2) is 12.1 Å². The lowest BCUT2D eigenvalue weighted by molar-refractivity contribution is 0.288. The van der Waals surface area contributed by atoms with Crippen molar-refractivity contribution >= 4 is 11.4 Å². The topological polar surface area (TPSA) is 44.3 Å². The average Bonchev–Trinajstić information content (AvgIpc) is 2.65. The van der Waals surface area contributed by atoms with Crippen LogP contribution in [0.5, 0.6) is 5.75 Å². The number of nitrogens with one attached hydrogen (secondary N) is 1. The van der Waals surface area contributed by atoms with Gasteiger partial charge in [-0.1, -0.05) is 6.07 Å². The van der Waals surface area contributed by atoms with Crippen LogP contribution in [0.25, 0.3) is 0 Å². The number of rotatable bonds is 3. The molecule has 0 aromatic heterocycles. The number of hydrogen-bond donors (Lipinski definition) is 1. The normalized spacial score (nSPS) is 23.6. The highest BCUT2D eigenvalue weighted by molar-refractivity contribution is 7.90. The average molecular weight is 303 g/mol. The number of fused-ring (bicyclic) bond motifs is 1. The Hall–Kier alpha value is -0.850. The van der Waals surface area contributed by atoms with Crippen molar-refractivity contribution in [3.63, 3.8) is 0 Å². The van der Waals surface area contributed by atoms with Crippen LogP contribution in [0.2, 0.25) is 0 Å². The predicted molar refractivity (Wildman–Crippen MR) is 75.3 cm³/mol. The molecule has 3 nitrogen and oxygen atoms in total. The van der Waals surface area contributed by atoms with Crippen molar-refractivity contribution in [3.8, 4) is 5.75 Å². The van der Waals surface area contributed by atoms with Crippen molar-refractivity contribution in [2.75, 3.05) is 7.11 Å². The van der Waals surface area contributed by atoms with E-state index in [2.05, 4.69) is 4.72 Å². The van der Waals surface area contributed by atoms with Gasteiger partial charge in [0.2, 0.25) is 0 Å². The molecule has 0 unspecified atom stereocenters. The number of halogens is 2. The fraction of sp³-hybridized carbons (Fsp3) is 0.571. The van der Waals surface area contributed by atoms with Crippen molar-refractivity contribution < 1.29 is 18.1 Å². The molecule has 2 rings (SSSR count). The van der Waals surface area contributed by atoms with Gasteiger partial charge in [-0.2, -0.15) is 0 Å². The summed E-state index contributed by atoms with van der Waals surface area (Å²) in [7, 11) is 1.36. The molecule has 20 heavy (non-hydrogen) atoms. The number of benzene rings is 1. The summed E-state index contributed by atoms with van der Waals surface area (Å²) in [5.41, 5.74) is 1.14. The summed E-state index contributed by atoms with van der Waals surface area (Å²) < 4.78 is 47.3. The van der Waals surface area contributed by atoms with Crippen molar-refractivity contribution in [1.82, 2.24) is 4.72 Å². The Kier molecular flexibility index (Phi) is 4.27. The second-order valence-electron chi connectivity index (χ2n) is 5.85. The molecule has 1 N–H and O–H groups in total. The van der Waals surface area contributed by atoms with E-state index >= 15 is 0 Å². The van der Waals surface area contributed by atoms with Crippen LogP contribution in [0.3, 0.4) is 0 Å². The smallest absolute Gasteiger partial charge is 0.165 e. The van der Waals surface area contributed by atoms with E-state index in [4.69, 9.17) is 4.74 Å².